The predicted molar refractivity (Wildman–Crippen MR) is 106 cm³/mol. The maximum atomic E-state index is 12.3. The summed E-state index contributed by atoms with van der Waals surface area (Å²) in [6, 6.07) is 14.8. The Labute approximate surface area is 162 Å². The highest BCUT2D eigenvalue weighted by Crippen LogP contribution is 2.30. The highest BCUT2D eigenvalue weighted by Gasteiger charge is 2.18. The Morgan fingerprint density at radius 2 is 1.92 bits per heavy atom. The van der Waals surface area contributed by atoms with Crippen LogP contribution in [0.25, 0.3) is 16.9 Å². The maximum absolute atomic E-state index is 12.3. The van der Waals surface area contributed by atoms with Gasteiger partial charge in [0.15, 0.2) is 5.69 Å². The van der Waals surface area contributed by atoms with Crippen molar-refractivity contribution in [2.24, 2.45) is 0 Å². The molecule has 0 fully saturated rings. The number of aromatic nitrogens is 2. The Morgan fingerprint density at radius 1 is 1.19 bits per heavy atom. The Kier molecular flexibility index (Phi) is 5.45. The van der Waals surface area contributed by atoms with Gasteiger partial charge in [-0.25, -0.2) is 4.68 Å². The minimum absolute atomic E-state index is 0.282. The van der Waals surface area contributed by atoms with Crippen molar-refractivity contribution in [1.82, 2.24) is 15.1 Å². The predicted octanol–water partition coefficient (Wildman–Crippen LogP) is 5.07. The van der Waals surface area contributed by atoms with E-state index in [0.717, 1.165) is 16.8 Å². The molecule has 0 aliphatic rings. The smallest absolute Gasteiger partial charge is 0.272 e. The minimum Gasteiger partial charge on any atom is -0.347 e. The van der Waals surface area contributed by atoms with Crippen LogP contribution in [0.4, 0.5) is 0 Å². The van der Waals surface area contributed by atoms with Gasteiger partial charge in [-0.05, 0) is 31.2 Å². The summed E-state index contributed by atoms with van der Waals surface area (Å²) >= 11 is 12.5. The van der Waals surface area contributed by atoms with Crippen molar-refractivity contribution in [3.05, 3.63) is 82.5 Å². The molecule has 0 radical (unpaired) electrons. The lowest BCUT2D eigenvalue weighted by molar-refractivity contribution is 0.0952. The third-order valence-electron chi connectivity index (χ3n) is 3.83. The number of hydrogen-bond acceptors (Lipinski definition) is 2. The largest absolute Gasteiger partial charge is 0.347 e. The van der Waals surface area contributed by atoms with E-state index in [-0.39, 0.29) is 5.91 Å². The highest BCUT2D eigenvalue weighted by atomic mass is 35.5. The quantitative estimate of drug-likeness (QED) is 0.623. The second-order valence-electron chi connectivity index (χ2n) is 5.79. The molecule has 0 spiro atoms. The lowest BCUT2D eigenvalue weighted by atomic mass is 10.1. The number of carbonyl (C=O) groups excluding carboxylic acids is 1. The maximum Gasteiger partial charge on any atom is 0.272 e. The first-order valence-electron chi connectivity index (χ1n) is 8.01. The van der Waals surface area contributed by atoms with Gasteiger partial charge in [0.05, 0.1) is 16.4 Å². The number of amides is 1. The molecule has 1 N–H and O–H groups in total. The number of carbonyl (C=O) groups is 1. The summed E-state index contributed by atoms with van der Waals surface area (Å²) in [6.07, 6.45) is 1.61. The van der Waals surface area contributed by atoms with E-state index in [0.29, 0.717) is 28.0 Å². The first kappa shape index (κ1) is 18.2. The van der Waals surface area contributed by atoms with E-state index in [1.54, 1.807) is 35.0 Å². The van der Waals surface area contributed by atoms with Gasteiger partial charge in [0, 0.05) is 17.1 Å². The summed E-state index contributed by atoms with van der Waals surface area (Å²) in [5.41, 5.74) is 3.71. The summed E-state index contributed by atoms with van der Waals surface area (Å²) in [5.74, 6) is -0.282. The molecule has 0 bridgehead atoms. The van der Waals surface area contributed by atoms with Crippen molar-refractivity contribution in [3.8, 4) is 16.9 Å². The van der Waals surface area contributed by atoms with Crippen LogP contribution in [0, 0.1) is 6.92 Å². The van der Waals surface area contributed by atoms with E-state index in [1.807, 2.05) is 31.2 Å². The summed E-state index contributed by atoms with van der Waals surface area (Å²) in [7, 11) is 0. The van der Waals surface area contributed by atoms with Gasteiger partial charge in [0.1, 0.15) is 0 Å². The fraction of sp³-hybridized carbons (Fsp3) is 0.100. The normalized spacial score (nSPS) is 10.6. The summed E-state index contributed by atoms with van der Waals surface area (Å²) < 4.78 is 1.64. The van der Waals surface area contributed by atoms with Gasteiger partial charge in [-0.3, -0.25) is 4.79 Å². The van der Waals surface area contributed by atoms with Crippen molar-refractivity contribution in [1.29, 1.82) is 0 Å². The standard InChI is InChI=1S/C20H17Cl2N3O/c1-3-10-23-20(26)17-12-18(14-6-4-13(2)5-7-14)25(24-17)19-11-15(21)8-9-16(19)22/h3-9,11-12H,1,10H2,2H3,(H,23,26). The van der Waals surface area contributed by atoms with Crippen LogP contribution < -0.4 is 5.32 Å². The molecule has 1 aromatic heterocycles. The number of benzene rings is 2. The van der Waals surface area contributed by atoms with Crippen LogP contribution in [0.15, 0.2) is 61.2 Å². The number of rotatable bonds is 5. The van der Waals surface area contributed by atoms with E-state index in [4.69, 9.17) is 23.2 Å². The molecule has 0 saturated heterocycles. The molecular formula is C20H17Cl2N3O. The third-order valence-corrected chi connectivity index (χ3v) is 4.39. The van der Waals surface area contributed by atoms with E-state index in [9.17, 15) is 4.79 Å². The molecule has 6 heteroatoms. The van der Waals surface area contributed by atoms with Gasteiger partial charge >= 0.3 is 0 Å². The first-order chi connectivity index (χ1) is 12.5. The monoisotopic (exact) mass is 385 g/mol. The molecule has 1 heterocycles. The number of nitrogens with one attached hydrogen (secondary N) is 1. The first-order valence-corrected chi connectivity index (χ1v) is 8.77. The summed E-state index contributed by atoms with van der Waals surface area (Å²) in [5, 5.41) is 8.22. The summed E-state index contributed by atoms with van der Waals surface area (Å²) in [4.78, 5) is 12.3. The molecule has 2 aromatic carbocycles. The van der Waals surface area contributed by atoms with E-state index >= 15 is 0 Å². The van der Waals surface area contributed by atoms with Gasteiger partial charge in [0.25, 0.3) is 5.91 Å². The molecule has 0 saturated carbocycles. The topological polar surface area (TPSA) is 46.9 Å². The Balaban J connectivity index is 2.15. The van der Waals surface area contributed by atoms with Crippen molar-refractivity contribution < 1.29 is 4.79 Å². The number of aryl methyl sites for hydroxylation is 1. The molecule has 0 aliphatic carbocycles. The SMILES string of the molecule is C=CCNC(=O)c1cc(-c2ccc(C)cc2)n(-c2cc(Cl)ccc2Cl)n1. The molecule has 0 aliphatic heterocycles. The minimum atomic E-state index is -0.282. The van der Waals surface area contributed by atoms with Crippen LogP contribution in [-0.2, 0) is 0 Å². The second kappa shape index (κ2) is 7.77. The van der Waals surface area contributed by atoms with Crippen molar-refractivity contribution >= 4 is 29.1 Å². The molecule has 26 heavy (non-hydrogen) atoms. The van der Waals surface area contributed by atoms with Crippen molar-refractivity contribution in [2.45, 2.75) is 6.92 Å². The molecule has 4 nitrogen and oxygen atoms in total. The molecule has 132 valence electrons. The molecular weight excluding hydrogens is 369 g/mol. The fourth-order valence-electron chi connectivity index (χ4n) is 2.51. The molecule has 0 atom stereocenters. The van der Waals surface area contributed by atoms with Crippen LogP contribution >= 0.6 is 23.2 Å². The van der Waals surface area contributed by atoms with Gasteiger partial charge in [-0.2, -0.15) is 5.10 Å². The van der Waals surface area contributed by atoms with Gasteiger partial charge in [-0.1, -0.05) is 59.1 Å². The van der Waals surface area contributed by atoms with Crippen LogP contribution in [0.2, 0.25) is 10.0 Å². The lowest BCUT2D eigenvalue weighted by Gasteiger charge is -2.10. The molecule has 0 unspecified atom stereocenters. The van der Waals surface area contributed by atoms with Crippen LogP contribution in [-0.4, -0.2) is 22.2 Å². The molecule has 3 aromatic rings. The van der Waals surface area contributed by atoms with Crippen LogP contribution in [0.3, 0.4) is 0 Å². The Hall–Kier alpha value is -2.56. The highest BCUT2D eigenvalue weighted by molar-refractivity contribution is 6.34. The van der Waals surface area contributed by atoms with Gasteiger partial charge in [0.2, 0.25) is 0 Å². The zero-order valence-electron chi connectivity index (χ0n) is 14.2. The lowest BCUT2D eigenvalue weighted by Crippen LogP contribution is -2.23. The van der Waals surface area contributed by atoms with Crippen molar-refractivity contribution in [2.75, 3.05) is 6.54 Å². The Morgan fingerprint density at radius 3 is 2.62 bits per heavy atom. The number of nitrogens with zero attached hydrogens (tertiary/aromatic N) is 2. The van der Waals surface area contributed by atoms with Gasteiger partial charge in [-0.15, -0.1) is 6.58 Å². The van der Waals surface area contributed by atoms with E-state index in [1.165, 1.54) is 0 Å². The number of halogens is 2. The fourth-order valence-corrected chi connectivity index (χ4v) is 2.87. The summed E-state index contributed by atoms with van der Waals surface area (Å²) in [6.45, 7) is 5.98. The average molecular weight is 386 g/mol. The van der Waals surface area contributed by atoms with E-state index < -0.39 is 0 Å². The zero-order chi connectivity index (χ0) is 18.7. The number of hydrogen-bond donors (Lipinski definition) is 1. The van der Waals surface area contributed by atoms with Crippen molar-refractivity contribution in [3.63, 3.8) is 0 Å². The van der Waals surface area contributed by atoms with Gasteiger partial charge < -0.3 is 5.32 Å². The molecule has 3 rings (SSSR count). The Bertz CT molecular complexity index is 962. The molecule has 1 amide bonds. The third kappa shape index (κ3) is 3.82. The van der Waals surface area contributed by atoms with Crippen LogP contribution in [0.5, 0.6) is 0 Å². The zero-order valence-corrected chi connectivity index (χ0v) is 15.7. The van der Waals surface area contributed by atoms with Crippen LogP contribution in [0.1, 0.15) is 16.1 Å². The second-order valence-corrected chi connectivity index (χ2v) is 6.63. The average Bonchev–Trinajstić information content (AvgIpc) is 3.07. The van der Waals surface area contributed by atoms with E-state index in [2.05, 4.69) is 17.0 Å².